The summed E-state index contributed by atoms with van der Waals surface area (Å²) in [7, 11) is -0.267. The zero-order valence-corrected chi connectivity index (χ0v) is 16.0. The zero-order valence-electron chi connectivity index (χ0n) is 14.4. The van der Waals surface area contributed by atoms with Crippen molar-refractivity contribution in [1.82, 2.24) is 9.78 Å². The molecule has 0 fully saturated rings. The largest absolute Gasteiger partial charge is 0.265 e. The molecule has 0 unspecified atom stereocenters. The van der Waals surface area contributed by atoms with Crippen molar-refractivity contribution >= 4 is 27.4 Å². The molecule has 1 aliphatic carbocycles. The van der Waals surface area contributed by atoms with Gasteiger partial charge in [0, 0.05) is 24.7 Å². The molecule has 1 aromatic heterocycles. The fourth-order valence-corrected chi connectivity index (χ4v) is 5.11. The van der Waals surface area contributed by atoms with Gasteiger partial charge in [0.25, 0.3) is 10.0 Å². The van der Waals surface area contributed by atoms with Crippen LogP contribution in [-0.4, -0.2) is 25.2 Å². The summed E-state index contributed by atoms with van der Waals surface area (Å²) in [5, 5.41) is 5.10. The topological polar surface area (TPSA) is 55.2 Å². The van der Waals surface area contributed by atoms with Crippen molar-refractivity contribution in [3.8, 4) is 0 Å². The molecule has 0 saturated carbocycles. The lowest BCUT2D eigenvalue weighted by atomic mass is 9.97. The van der Waals surface area contributed by atoms with Gasteiger partial charge in [0.15, 0.2) is 0 Å². The van der Waals surface area contributed by atoms with Crippen LogP contribution in [-0.2, 0) is 29.9 Å². The van der Waals surface area contributed by atoms with E-state index in [-0.39, 0.29) is 4.90 Å². The van der Waals surface area contributed by atoms with Crippen LogP contribution >= 0.6 is 11.6 Å². The molecule has 2 aromatic rings. The second-order valence-corrected chi connectivity index (χ2v) is 8.76. The molecule has 5 nitrogen and oxygen atoms in total. The highest BCUT2D eigenvalue weighted by molar-refractivity contribution is 7.92. The molecule has 0 atom stereocenters. The Hall–Kier alpha value is -1.53. The number of benzene rings is 1. The second-order valence-electron chi connectivity index (χ2n) is 6.42. The van der Waals surface area contributed by atoms with E-state index in [1.165, 1.54) is 4.31 Å². The van der Waals surface area contributed by atoms with Crippen LogP contribution in [0.4, 0.5) is 5.82 Å². The molecular weight excluding hydrogens is 346 g/mol. The Morgan fingerprint density at radius 1 is 1.17 bits per heavy atom. The standard InChI is InChI=1S/C17H22ClN3O2S/c1-11-10-16(12(2)9-14(11)18)24(22,23)21(4)17-13-7-5-6-8-15(13)19-20(17)3/h9-10H,5-8H2,1-4H3. The number of fused-ring (bicyclic) bond motifs is 1. The summed E-state index contributed by atoms with van der Waals surface area (Å²) in [6, 6.07) is 3.35. The predicted octanol–water partition coefficient (Wildman–Crippen LogP) is 3.39. The number of sulfonamides is 1. The predicted molar refractivity (Wildman–Crippen MR) is 96.4 cm³/mol. The summed E-state index contributed by atoms with van der Waals surface area (Å²) < 4.78 is 29.4. The maximum Gasteiger partial charge on any atom is 0.265 e. The molecule has 0 aliphatic heterocycles. The Morgan fingerprint density at radius 2 is 1.83 bits per heavy atom. The van der Waals surface area contributed by atoms with Crippen LogP contribution in [0.25, 0.3) is 0 Å². The third-order valence-electron chi connectivity index (χ3n) is 4.68. The lowest BCUT2D eigenvalue weighted by Gasteiger charge is -2.23. The van der Waals surface area contributed by atoms with Crippen molar-refractivity contribution in [2.75, 3.05) is 11.4 Å². The molecule has 0 radical (unpaired) electrons. The fourth-order valence-electron chi connectivity index (χ4n) is 3.35. The highest BCUT2D eigenvalue weighted by Crippen LogP contribution is 2.33. The number of nitrogens with zero attached hydrogens (tertiary/aromatic N) is 3. The number of hydrogen-bond acceptors (Lipinski definition) is 3. The van der Waals surface area contributed by atoms with Crippen molar-refractivity contribution in [2.24, 2.45) is 7.05 Å². The van der Waals surface area contributed by atoms with Crippen LogP contribution in [0, 0.1) is 13.8 Å². The minimum Gasteiger partial charge on any atom is -0.253 e. The Balaban J connectivity index is 2.12. The Kier molecular flexibility index (Phi) is 4.38. The lowest BCUT2D eigenvalue weighted by Crippen LogP contribution is -2.30. The highest BCUT2D eigenvalue weighted by atomic mass is 35.5. The maximum absolute atomic E-state index is 13.2. The molecule has 0 bridgehead atoms. The molecule has 0 N–H and O–H groups in total. The average Bonchev–Trinajstić information content (AvgIpc) is 2.85. The van der Waals surface area contributed by atoms with Crippen molar-refractivity contribution in [3.63, 3.8) is 0 Å². The number of hydrogen-bond donors (Lipinski definition) is 0. The summed E-state index contributed by atoms with van der Waals surface area (Å²) in [6.07, 6.45) is 3.96. The van der Waals surface area contributed by atoms with E-state index in [1.807, 2.05) is 6.92 Å². The summed E-state index contributed by atoms with van der Waals surface area (Å²) in [6.45, 7) is 3.58. The van der Waals surface area contributed by atoms with Gasteiger partial charge in [0.2, 0.25) is 0 Å². The van der Waals surface area contributed by atoms with E-state index in [4.69, 9.17) is 11.6 Å². The molecule has 1 aromatic carbocycles. The Morgan fingerprint density at radius 3 is 2.54 bits per heavy atom. The van der Waals surface area contributed by atoms with E-state index in [2.05, 4.69) is 5.10 Å². The molecule has 24 heavy (non-hydrogen) atoms. The molecule has 3 rings (SSSR count). The Labute approximate surface area is 148 Å². The zero-order chi connectivity index (χ0) is 17.6. The summed E-state index contributed by atoms with van der Waals surface area (Å²) >= 11 is 6.11. The van der Waals surface area contributed by atoms with Gasteiger partial charge in [0.1, 0.15) is 5.82 Å². The van der Waals surface area contributed by atoms with Gasteiger partial charge in [0.05, 0.1) is 10.6 Å². The molecule has 1 aliphatic rings. The number of rotatable bonds is 3. The molecule has 0 amide bonds. The first kappa shape index (κ1) is 17.3. The van der Waals surface area contributed by atoms with Crippen LogP contribution < -0.4 is 4.31 Å². The van der Waals surface area contributed by atoms with Gasteiger partial charge in [-0.1, -0.05) is 11.6 Å². The van der Waals surface area contributed by atoms with Gasteiger partial charge in [-0.15, -0.1) is 0 Å². The highest BCUT2D eigenvalue weighted by Gasteiger charge is 2.30. The van der Waals surface area contributed by atoms with E-state index < -0.39 is 10.0 Å². The first-order chi connectivity index (χ1) is 11.2. The van der Waals surface area contributed by atoms with Crippen molar-refractivity contribution in [3.05, 3.63) is 39.5 Å². The van der Waals surface area contributed by atoms with E-state index in [9.17, 15) is 8.42 Å². The fraction of sp³-hybridized carbons (Fsp3) is 0.471. The third kappa shape index (κ3) is 2.71. The maximum atomic E-state index is 13.2. The van der Waals surface area contributed by atoms with E-state index in [1.54, 1.807) is 37.8 Å². The van der Waals surface area contributed by atoms with E-state index >= 15 is 0 Å². The molecule has 7 heteroatoms. The van der Waals surface area contributed by atoms with E-state index in [0.29, 0.717) is 16.4 Å². The van der Waals surface area contributed by atoms with E-state index in [0.717, 1.165) is 42.5 Å². The molecule has 1 heterocycles. The third-order valence-corrected chi connectivity index (χ3v) is 6.98. The molecule has 0 saturated heterocycles. The summed E-state index contributed by atoms with van der Waals surface area (Å²) in [4.78, 5) is 0.289. The lowest BCUT2D eigenvalue weighted by molar-refractivity contribution is 0.591. The van der Waals surface area contributed by atoms with Crippen LogP contribution in [0.1, 0.15) is 35.2 Å². The first-order valence-corrected chi connectivity index (χ1v) is 9.85. The van der Waals surface area contributed by atoms with Crippen LogP contribution in [0.15, 0.2) is 17.0 Å². The van der Waals surface area contributed by atoms with Gasteiger partial charge < -0.3 is 0 Å². The Bertz CT molecular complexity index is 903. The SMILES string of the molecule is Cc1cc(S(=O)(=O)N(C)c2c3c(nn2C)CCCC3)c(C)cc1Cl. The van der Waals surface area contributed by atoms with Gasteiger partial charge in [-0.2, -0.15) is 5.10 Å². The molecule has 130 valence electrons. The average molecular weight is 368 g/mol. The van der Waals surface area contributed by atoms with Gasteiger partial charge in [-0.3, -0.25) is 8.99 Å². The summed E-state index contributed by atoms with van der Waals surface area (Å²) in [5.41, 5.74) is 3.47. The van der Waals surface area contributed by atoms with Crippen LogP contribution in [0.5, 0.6) is 0 Å². The van der Waals surface area contributed by atoms with Crippen molar-refractivity contribution < 1.29 is 8.42 Å². The minimum absolute atomic E-state index is 0.289. The van der Waals surface area contributed by atoms with Gasteiger partial charge in [-0.05, 0) is 62.8 Å². The number of halogens is 1. The quantitative estimate of drug-likeness (QED) is 0.835. The monoisotopic (exact) mass is 367 g/mol. The normalized spacial score (nSPS) is 14.5. The number of anilines is 1. The van der Waals surface area contributed by atoms with Gasteiger partial charge in [-0.25, -0.2) is 8.42 Å². The smallest absolute Gasteiger partial charge is 0.253 e. The molecule has 0 spiro atoms. The first-order valence-electron chi connectivity index (χ1n) is 8.04. The molecular formula is C17H22ClN3O2S. The van der Waals surface area contributed by atoms with Crippen LogP contribution in [0.3, 0.4) is 0 Å². The number of aryl methyl sites for hydroxylation is 4. The van der Waals surface area contributed by atoms with Crippen molar-refractivity contribution in [1.29, 1.82) is 0 Å². The van der Waals surface area contributed by atoms with Crippen molar-refractivity contribution in [2.45, 2.75) is 44.4 Å². The van der Waals surface area contributed by atoms with Gasteiger partial charge >= 0.3 is 0 Å². The second kappa shape index (κ2) is 6.08. The number of aromatic nitrogens is 2. The summed E-state index contributed by atoms with van der Waals surface area (Å²) in [5.74, 6) is 0.664. The van der Waals surface area contributed by atoms with Crippen LogP contribution in [0.2, 0.25) is 5.02 Å². The minimum atomic E-state index is -3.67.